The van der Waals surface area contributed by atoms with Crippen molar-refractivity contribution in [2.75, 3.05) is 6.54 Å². The minimum absolute atomic E-state index is 0.180. The normalized spacial score (nSPS) is 12.8. The first-order valence-electron chi connectivity index (χ1n) is 5.92. The summed E-state index contributed by atoms with van der Waals surface area (Å²) in [4.78, 5) is 22.5. The van der Waals surface area contributed by atoms with Crippen LogP contribution in [-0.4, -0.2) is 34.6 Å². The van der Waals surface area contributed by atoms with Crippen molar-refractivity contribution in [2.24, 2.45) is 0 Å². The monoisotopic (exact) mass is 289 g/mol. The minimum Gasteiger partial charge on any atom is -0.480 e. The summed E-state index contributed by atoms with van der Waals surface area (Å²) >= 11 is 0. The standard InChI is InChI=1S/C13H14F3NO3/c1-2-10(9-6-4-3-5-7-9)17(8-11(18)19)12(20)13(14,15)16/h3-7,10H,2,8H2,1H3,(H,18,19). The van der Waals surface area contributed by atoms with Crippen LogP contribution in [0.15, 0.2) is 30.3 Å². The van der Waals surface area contributed by atoms with Crippen molar-refractivity contribution >= 4 is 11.9 Å². The highest BCUT2D eigenvalue weighted by Gasteiger charge is 2.45. The van der Waals surface area contributed by atoms with Crippen LogP contribution < -0.4 is 0 Å². The summed E-state index contributed by atoms with van der Waals surface area (Å²) in [5, 5.41) is 8.73. The fourth-order valence-corrected chi connectivity index (χ4v) is 1.94. The van der Waals surface area contributed by atoms with Crippen LogP contribution in [0.4, 0.5) is 13.2 Å². The van der Waals surface area contributed by atoms with Gasteiger partial charge in [-0.25, -0.2) is 0 Å². The lowest BCUT2D eigenvalue weighted by Gasteiger charge is -2.30. The summed E-state index contributed by atoms with van der Waals surface area (Å²) < 4.78 is 37.7. The molecule has 0 aromatic heterocycles. The Balaban J connectivity index is 3.14. The van der Waals surface area contributed by atoms with Gasteiger partial charge in [-0.2, -0.15) is 13.2 Å². The number of carbonyl (C=O) groups is 2. The molecule has 110 valence electrons. The number of carboxylic acids is 1. The highest BCUT2D eigenvalue weighted by atomic mass is 19.4. The average Bonchev–Trinajstić information content (AvgIpc) is 2.37. The maximum Gasteiger partial charge on any atom is 0.471 e. The van der Waals surface area contributed by atoms with Crippen LogP contribution in [0.5, 0.6) is 0 Å². The molecular weight excluding hydrogens is 275 g/mol. The molecule has 0 fully saturated rings. The van der Waals surface area contributed by atoms with Crippen LogP contribution in [0, 0.1) is 0 Å². The smallest absolute Gasteiger partial charge is 0.471 e. The second-order valence-electron chi connectivity index (χ2n) is 4.16. The van der Waals surface area contributed by atoms with Crippen molar-refractivity contribution in [3.63, 3.8) is 0 Å². The van der Waals surface area contributed by atoms with Crippen LogP contribution >= 0.6 is 0 Å². The number of halogens is 3. The molecule has 0 saturated heterocycles. The van der Waals surface area contributed by atoms with Crippen molar-refractivity contribution in [3.05, 3.63) is 35.9 Å². The highest BCUT2D eigenvalue weighted by Crippen LogP contribution is 2.29. The zero-order valence-corrected chi connectivity index (χ0v) is 10.7. The Morgan fingerprint density at radius 2 is 1.80 bits per heavy atom. The van der Waals surface area contributed by atoms with E-state index in [4.69, 9.17) is 5.11 Å². The largest absolute Gasteiger partial charge is 0.480 e. The van der Waals surface area contributed by atoms with Gasteiger partial charge in [-0.1, -0.05) is 37.3 Å². The summed E-state index contributed by atoms with van der Waals surface area (Å²) in [5.41, 5.74) is 0.467. The van der Waals surface area contributed by atoms with Crippen LogP contribution in [0.3, 0.4) is 0 Å². The Hall–Kier alpha value is -2.05. The molecule has 0 aliphatic carbocycles. The summed E-state index contributed by atoms with van der Waals surface area (Å²) in [6.07, 6.45) is -4.92. The molecule has 0 aliphatic rings. The molecule has 0 bridgehead atoms. The summed E-state index contributed by atoms with van der Waals surface area (Å²) in [7, 11) is 0. The van der Waals surface area contributed by atoms with Crippen molar-refractivity contribution < 1.29 is 27.9 Å². The number of benzene rings is 1. The average molecular weight is 289 g/mol. The first kappa shape index (κ1) is 16.0. The number of amides is 1. The highest BCUT2D eigenvalue weighted by molar-refractivity contribution is 5.85. The van der Waals surface area contributed by atoms with Crippen LogP contribution in [0.1, 0.15) is 24.9 Å². The number of nitrogens with zero attached hydrogens (tertiary/aromatic N) is 1. The Morgan fingerprint density at radius 1 is 1.25 bits per heavy atom. The molecule has 1 atom stereocenters. The van der Waals surface area contributed by atoms with E-state index in [1.54, 1.807) is 37.3 Å². The van der Waals surface area contributed by atoms with Gasteiger partial charge in [0.2, 0.25) is 0 Å². The van der Waals surface area contributed by atoms with E-state index in [0.29, 0.717) is 10.5 Å². The minimum atomic E-state index is -5.10. The molecule has 20 heavy (non-hydrogen) atoms. The third-order valence-electron chi connectivity index (χ3n) is 2.76. The molecule has 0 radical (unpaired) electrons. The summed E-state index contributed by atoms with van der Waals surface area (Å²) in [5.74, 6) is -3.63. The summed E-state index contributed by atoms with van der Waals surface area (Å²) in [6.45, 7) is 0.599. The lowest BCUT2D eigenvalue weighted by molar-refractivity contribution is -0.189. The van der Waals surface area contributed by atoms with Gasteiger partial charge < -0.3 is 10.0 Å². The van der Waals surface area contributed by atoms with Crippen LogP contribution in [0.2, 0.25) is 0 Å². The van der Waals surface area contributed by atoms with E-state index in [9.17, 15) is 22.8 Å². The Morgan fingerprint density at radius 3 is 2.20 bits per heavy atom. The number of rotatable bonds is 5. The number of hydrogen-bond donors (Lipinski definition) is 1. The molecule has 1 unspecified atom stereocenters. The second kappa shape index (κ2) is 6.40. The maximum absolute atomic E-state index is 12.6. The molecule has 1 aromatic rings. The van der Waals surface area contributed by atoms with Gasteiger partial charge in [0, 0.05) is 0 Å². The number of carbonyl (C=O) groups excluding carboxylic acids is 1. The molecule has 7 heteroatoms. The Kier molecular flexibility index (Phi) is 5.12. The third kappa shape index (κ3) is 3.97. The molecule has 0 aliphatic heterocycles. The van der Waals surface area contributed by atoms with Gasteiger partial charge >= 0.3 is 18.1 Å². The zero-order chi connectivity index (χ0) is 15.3. The fourth-order valence-electron chi connectivity index (χ4n) is 1.94. The first-order chi connectivity index (χ1) is 9.27. The molecule has 1 amide bonds. The molecule has 4 nitrogen and oxygen atoms in total. The van der Waals surface area contributed by atoms with Crippen molar-refractivity contribution in [1.29, 1.82) is 0 Å². The van der Waals surface area contributed by atoms with Crippen LogP contribution in [0.25, 0.3) is 0 Å². The van der Waals surface area contributed by atoms with Gasteiger partial charge in [-0.15, -0.1) is 0 Å². The molecule has 1 N–H and O–H groups in total. The van der Waals surface area contributed by atoms with Gasteiger partial charge in [0.1, 0.15) is 6.54 Å². The van der Waals surface area contributed by atoms with E-state index in [1.807, 2.05) is 0 Å². The molecule has 1 aromatic carbocycles. The lowest BCUT2D eigenvalue weighted by Crippen LogP contribution is -2.45. The lowest BCUT2D eigenvalue weighted by atomic mass is 10.0. The molecule has 0 spiro atoms. The fraction of sp³-hybridized carbons (Fsp3) is 0.385. The number of alkyl halides is 3. The van der Waals surface area contributed by atoms with Gasteiger partial charge in [0.15, 0.2) is 0 Å². The van der Waals surface area contributed by atoms with Gasteiger partial charge in [0.05, 0.1) is 6.04 Å². The van der Waals surface area contributed by atoms with Gasteiger partial charge in [-0.05, 0) is 12.0 Å². The van der Waals surface area contributed by atoms with Gasteiger partial charge in [0.25, 0.3) is 0 Å². The summed E-state index contributed by atoms with van der Waals surface area (Å²) in [6, 6.07) is 7.12. The van der Waals surface area contributed by atoms with Crippen LogP contribution in [-0.2, 0) is 9.59 Å². The molecule has 1 rings (SSSR count). The number of hydrogen-bond acceptors (Lipinski definition) is 2. The molecular formula is C13H14F3NO3. The van der Waals surface area contributed by atoms with Crippen molar-refractivity contribution in [1.82, 2.24) is 4.90 Å². The van der Waals surface area contributed by atoms with E-state index in [-0.39, 0.29) is 6.42 Å². The van der Waals surface area contributed by atoms with E-state index >= 15 is 0 Å². The number of carboxylic acid groups (broad SMARTS) is 1. The molecule has 0 saturated carbocycles. The van der Waals surface area contributed by atoms with E-state index in [1.165, 1.54) is 0 Å². The van der Waals surface area contributed by atoms with E-state index in [0.717, 1.165) is 0 Å². The number of aliphatic carboxylic acids is 1. The topological polar surface area (TPSA) is 57.6 Å². The second-order valence-corrected chi connectivity index (χ2v) is 4.16. The first-order valence-corrected chi connectivity index (χ1v) is 5.92. The third-order valence-corrected chi connectivity index (χ3v) is 2.76. The Labute approximate surface area is 113 Å². The molecule has 0 heterocycles. The van der Waals surface area contributed by atoms with Crippen molar-refractivity contribution in [2.45, 2.75) is 25.6 Å². The van der Waals surface area contributed by atoms with E-state index < -0.39 is 30.6 Å². The predicted molar refractivity (Wildman–Crippen MR) is 64.9 cm³/mol. The predicted octanol–water partition coefficient (Wildman–Crippen LogP) is 2.61. The zero-order valence-electron chi connectivity index (χ0n) is 10.7. The van der Waals surface area contributed by atoms with Crippen molar-refractivity contribution in [3.8, 4) is 0 Å². The van der Waals surface area contributed by atoms with Gasteiger partial charge in [-0.3, -0.25) is 9.59 Å². The van der Waals surface area contributed by atoms with E-state index in [2.05, 4.69) is 0 Å². The maximum atomic E-state index is 12.6. The quantitative estimate of drug-likeness (QED) is 0.906. The SMILES string of the molecule is CCC(c1ccccc1)N(CC(=O)O)C(=O)C(F)(F)F. The Bertz CT molecular complexity index is 473.